The maximum absolute atomic E-state index is 5.85. The highest BCUT2D eigenvalue weighted by molar-refractivity contribution is 7.80. The number of fused-ring (bicyclic) bond motifs is 2. The Morgan fingerprint density at radius 2 is 1.94 bits per heavy atom. The van der Waals surface area contributed by atoms with Crippen molar-refractivity contribution in [1.29, 1.82) is 0 Å². The average Bonchev–Trinajstić information content (AvgIpc) is 2.94. The van der Waals surface area contributed by atoms with E-state index in [0.29, 0.717) is 6.04 Å². The molecule has 96 valence electrons. The number of benzene rings is 1. The van der Waals surface area contributed by atoms with Crippen molar-refractivity contribution < 1.29 is 0 Å². The molecule has 0 saturated heterocycles. The quantitative estimate of drug-likeness (QED) is 0.806. The fraction of sp³-hybridized carbons (Fsp3) is 0.500. The van der Waals surface area contributed by atoms with Gasteiger partial charge in [0.2, 0.25) is 0 Å². The third-order valence-electron chi connectivity index (χ3n) is 4.16. The van der Waals surface area contributed by atoms with E-state index in [2.05, 4.69) is 10.6 Å². The molecule has 2 nitrogen and oxygen atoms in total. The summed E-state index contributed by atoms with van der Waals surface area (Å²) < 4.78 is 0. The largest absolute Gasteiger partial charge is 0.359 e. The normalized spacial score (nSPS) is 29.3. The first-order chi connectivity index (χ1) is 8.70. The van der Waals surface area contributed by atoms with Gasteiger partial charge >= 0.3 is 0 Å². The Hall–Kier alpha value is -0.800. The van der Waals surface area contributed by atoms with Crippen LogP contribution in [0.2, 0.25) is 5.02 Å². The van der Waals surface area contributed by atoms with E-state index in [-0.39, 0.29) is 0 Å². The van der Waals surface area contributed by atoms with Gasteiger partial charge in [0, 0.05) is 16.8 Å². The first-order valence-electron chi connectivity index (χ1n) is 6.54. The van der Waals surface area contributed by atoms with Gasteiger partial charge in [-0.1, -0.05) is 18.0 Å². The van der Waals surface area contributed by atoms with Crippen molar-refractivity contribution in [1.82, 2.24) is 5.32 Å². The lowest BCUT2D eigenvalue weighted by atomic mass is 9.96. The lowest BCUT2D eigenvalue weighted by Crippen LogP contribution is -2.40. The van der Waals surface area contributed by atoms with E-state index in [4.69, 9.17) is 23.8 Å². The van der Waals surface area contributed by atoms with Gasteiger partial charge in [-0.05, 0) is 67.6 Å². The molecule has 1 aromatic carbocycles. The molecule has 1 aromatic rings. The minimum Gasteiger partial charge on any atom is -0.359 e. The van der Waals surface area contributed by atoms with Crippen LogP contribution in [0, 0.1) is 11.8 Å². The van der Waals surface area contributed by atoms with E-state index in [9.17, 15) is 0 Å². The minimum absolute atomic E-state index is 0.580. The van der Waals surface area contributed by atoms with Crippen LogP contribution >= 0.6 is 23.8 Å². The summed E-state index contributed by atoms with van der Waals surface area (Å²) in [6.45, 7) is 0. The second-order valence-electron chi connectivity index (χ2n) is 5.39. The van der Waals surface area contributed by atoms with Gasteiger partial charge < -0.3 is 10.6 Å². The van der Waals surface area contributed by atoms with Gasteiger partial charge in [0.15, 0.2) is 5.11 Å². The van der Waals surface area contributed by atoms with Crippen LogP contribution in [0.3, 0.4) is 0 Å². The topological polar surface area (TPSA) is 24.1 Å². The van der Waals surface area contributed by atoms with E-state index in [1.807, 2.05) is 24.3 Å². The fourth-order valence-corrected chi connectivity index (χ4v) is 3.69. The van der Waals surface area contributed by atoms with E-state index >= 15 is 0 Å². The van der Waals surface area contributed by atoms with Crippen molar-refractivity contribution in [2.75, 3.05) is 5.32 Å². The molecule has 2 bridgehead atoms. The van der Waals surface area contributed by atoms with E-state index in [1.54, 1.807) is 0 Å². The molecule has 0 amide bonds. The number of nitrogens with one attached hydrogen (secondary N) is 2. The lowest BCUT2D eigenvalue weighted by molar-refractivity contribution is 0.392. The van der Waals surface area contributed by atoms with Crippen molar-refractivity contribution in [3.63, 3.8) is 0 Å². The molecule has 0 heterocycles. The molecule has 0 spiro atoms. The predicted octanol–water partition coefficient (Wildman–Crippen LogP) is 3.82. The Labute approximate surface area is 118 Å². The van der Waals surface area contributed by atoms with Crippen molar-refractivity contribution in [2.24, 2.45) is 11.8 Å². The molecule has 4 heteroatoms. The third-order valence-corrected chi connectivity index (χ3v) is 4.63. The molecule has 0 aliphatic heterocycles. The van der Waals surface area contributed by atoms with Crippen LogP contribution in [0.25, 0.3) is 0 Å². The van der Waals surface area contributed by atoms with Crippen molar-refractivity contribution in [3.05, 3.63) is 29.3 Å². The number of thiocarbonyl (C=S) groups is 1. The second kappa shape index (κ2) is 5.06. The molecule has 2 aliphatic carbocycles. The number of halogens is 1. The number of rotatable bonds is 2. The summed E-state index contributed by atoms with van der Waals surface area (Å²) in [6, 6.07) is 8.19. The maximum Gasteiger partial charge on any atom is 0.171 e. The molecular formula is C14H17ClN2S. The van der Waals surface area contributed by atoms with Gasteiger partial charge in [0.1, 0.15) is 0 Å². The van der Waals surface area contributed by atoms with Gasteiger partial charge in [-0.2, -0.15) is 0 Å². The van der Waals surface area contributed by atoms with Crippen LogP contribution < -0.4 is 10.6 Å². The lowest BCUT2D eigenvalue weighted by Gasteiger charge is -2.24. The Balaban J connectivity index is 1.54. The molecule has 0 unspecified atom stereocenters. The Bertz CT molecular complexity index is 446. The molecule has 2 saturated carbocycles. The van der Waals surface area contributed by atoms with Gasteiger partial charge in [0.25, 0.3) is 0 Å². The van der Waals surface area contributed by atoms with E-state index in [0.717, 1.165) is 27.7 Å². The van der Waals surface area contributed by atoms with Crippen LogP contribution in [0.1, 0.15) is 25.7 Å². The average molecular weight is 281 g/mol. The summed E-state index contributed by atoms with van der Waals surface area (Å²) in [6.07, 6.45) is 5.46. The summed E-state index contributed by atoms with van der Waals surface area (Å²) >= 11 is 11.2. The molecule has 3 rings (SSSR count). The van der Waals surface area contributed by atoms with Gasteiger partial charge in [-0.15, -0.1) is 0 Å². The zero-order valence-corrected chi connectivity index (χ0v) is 11.7. The highest BCUT2D eigenvalue weighted by atomic mass is 35.5. The van der Waals surface area contributed by atoms with Crippen LogP contribution in [0.5, 0.6) is 0 Å². The minimum atomic E-state index is 0.580. The Morgan fingerprint density at radius 3 is 2.56 bits per heavy atom. The van der Waals surface area contributed by atoms with Crippen LogP contribution in [0.4, 0.5) is 5.69 Å². The van der Waals surface area contributed by atoms with Gasteiger partial charge in [0.05, 0.1) is 0 Å². The van der Waals surface area contributed by atoms with Gasteiger partial charge in [-0.25, -0.2) is 0 Å². The summed E-state index contributed by atoms with van der Waals surface area (Å²) in [4.78, 5) is 0. The maximum atomic E-state index is 5.85. The fourth-order valence-electron chi connectivity index (χ4n) is 3.29. The molecule has 2 N–H and O–H groups in total. The van der Waals surface area contributed by atoms with E-state index < -0.39 is 0 Å². The summed E-state index contributed by atoms with van der Waals surface area (Å²) in [7, 11) is 0. The first-order valence-corrected chi connectivity index (χ1v) is 7.32. The molecule has 2 fully saturated rings. The molecule has 0 aromatic heterocycles. The highest BCUT2D eigenvalue weighted by Crippen LogP contribution is 2.44. The molecular weight excluding hydrogens is 264 g/mol. The smallest absolute Gasteiger partial charge is 0.171 e. The zero-order valence-electron chi connectivity index (χ0n) is 10.2. The number of hydrogen-bond donors (Lipinski definition) is 2. The van der Waals surface area contributed by atoms with Crippen LogP contribution in [0.15, 0.2) is 24.3 Å². The monoisotopic (exact) mass is 280 g/mol. The molecule has 18 heavy (non-hydrogen) atoms. The van der Waals surface area contributed by atoms with Crippen molar-refractivity contribution in [2.45, 2.75) is 31.7 Å². The standard InChI is InChI=1S/C14H17ClN2S/c15-11-3-5-12(6-4-11)16-14(18)17-13-8-9-1-2-10(13)7-9/h3-6,9-10,13H,1-2,7-8H2,(H2,16,17,18)/t9-,10-,13+/m0/s1. The second-order valence-corrected chi connectivity index (χ2v) is 6.23. The van der Waals surface area contributed by atoms with Gasteiger partial charge in [-0.3, -0.25) is 0 Å². The SMILES string of the molecule is S=C(Nc1ccc(Cl)cc1)N[C@@H]1C[C@H]2CC[C@H]1C2. The zero-order chi connectivity index (χ0) is 12.5. The summed E-state index contributed by atoms with van der Waals surface area (Å²) in [5, 5.41) is 8.15. The number of anilines is 1. The highest BCUT2D eigenvalue weighted by Gasteiger charge is 2.39. The van der Waals surface area contributed by atoms with Crippen LogP contribution in [-0.4, -0.2) is 11.2 Å². The van der Waals surface area contributed by atoms with Crippen molar-refractivity contribution in [3.8, 4) is 0 Å². The Morgan fingerprint density at radius 1 is 1.17 bits per heavy atom. The summed E-state index contributed by atoms with van der Waals surface area (Å²) in [5.74, 6) is 1.77. The Kier molecular flexibility index (Phi) is 3.44. The van der Waals surface area contributed by atoms with Crippen molar-refractivity contribution >= 4 is 34.6 Å². The predicted molar refractivity (Wildman–Crippen MR) is 80.0 cm³/mol. The molecule has 0 radical (unpaired) electrons. The summed E-state index contributed by atoms with van der Waals surface area (Å²) in [5.41, 5.74) is 0.986. The molecule has 2 aliphatic rings. The van der Waals surface area contributed by atoms with E-state index in [1.165, 1.54) is 25.7 Å². The van der Waals surface area contributed by atoms with Crippen LogP contribution in [-0.2, 0) is 0 Å². The first kappa shape index (κ1) is 12.2. The number of hydrogen-bond acceptors (Lipinski definition) is 1. The molecule has 3 atom stereocenters. The third kappa shape index (κ3) is 2.62.